The Balaban J connectivity index is 2.41. The SMILES string of the molecule is CC/C=C\C/C=C\C/C=C\C/C=C\C/C=C\CCCCOCC(COC1OC(CO)C(O)C(OS(=O)(=O)O)C1O)OC(=O)CCCC. The van der Waals surface area contributed by atoms with Crippen LogP contribution in [0.5, 0.6) is 0 Å². The topological polar surface area (TPSA) is 178 Å². The number of allylic oxidation sites excluding steroid dienone is 10. The van der Waals surface area contributed by atoms with Gasteiger partial charge in [-0.25, -0.2) is 4.18 Å². The molecule has 270 valence electrons. The molecule has 0 spiro atoms. The van der Waals surface area contributed by atoms with Crippen molar-refractivity contribution >= 4 is 16.4 Å². The fourth-order valence-corrected chi connectivity index (χ4v) is 4.89. The van der Waals surface area contributed by atoms with Gasteiger partial charge in [0, 0.05) is 13.0 Å². The van der Waals surface area contributed by atoms with Crippen LogP contribution in [0.3, 0.4) is 0 Å². The first-order valence-corrected chi connectivity index (χ1v) is 17.9. The average Bonchev–Trinajstić information content (AvgIpc) is 3.03. The van der Waals surface area contributed by atoms with E-state index in [9.17, 15) is 28.5 Å². The number of unbranched alkanes of at least 4 members (excludes halogenated alkanes) is 3. The second-order valence-corrected chi connectivity index (χ2v) is 12.1. The van der Waals surface area contributed by atoms with Crippen molar-refractivity contribution in [2.45, 2.75) is 121 Å². The van der Waals surface area contributed by atoms with Gasteiger partial charge in [0.1, 0.15) is 30.5 Å². The minimum absolute atomic E-state index is 0.000643. The van der Waals surface area contributed by atoms with E-state index in [1.165, 1.54) is 0 Å². The van der Waals surface area contributed by atoms with E-state index in [0.717, 1.165) is 57.8 Å². The van der Waals surface area contributed by atoms with E-state index in [1.54, 1.807) is 0 Å². The molecule has 6 unspecified atom stereocenters. The van der Waals surface area contributed by atoms with Crippen LogP contribution < -0.4 is 0 Å². The molecule has 4 N–H and O–H groups in total. The maximum absolute atomic E-state index is 12.3. The summed E-state index contributed by atoms with van der Waals surface area (Å²) in [5.41, 5.74) is 0. The number of rotatable bonds is 26. The van der Waals surface area contributed by atoms with Gasteiger partial charge in [-0.15, -0.1) is 0 Å². The lowest BCUT2D eigenvalue weighted by molar-refractivity contribution is -0.301. The van der Waals surface area contributed by atoms with Crippen molar-refractivity contribution in [3.05, 3.63) is 60.8 Å². The number of esters is 1. The molecule has 0 aromatic heterocycles. The first-order chi connectivity index (χ1) is 22.6. The molecule has 1 aliphatic rings. The molecule has 6 atom stereocenters. The van der Waals surface area contributed by atoms with Gasteiger partial charge >= 0.3 is 16.4 Å². The summed E-state index contributed by atoms with van der Waals surface area (Å²) in [6.45, 7) is 3.43. The second kappa shape index (κ2) is 26.7. The van der Waals surface area contributed by atoms with Crippen molar-refractivity contribution in [1.29, 1.82) is 0 Å². The number of carbonyl (C=O) groups is 1. The summed E-state index contributed by atoms with van der Waals surface area (Å²) in [6.07, 6.45) is 21.3. The van der Waals surface area contributed by atoms with Gasteiger partial charge in [0.05, 0.1) is 19.8 Å². The Morgan fingerprint density at radius 2 is 1.43 bits per heavy atom. The van der Waals surface area contributed by atoms with E-state index in [4.69, 9.17) is 23.5 Å². The van der Waals surface area contributed by atoms with Gasteiger partial charge in [0.2, 0.25) is 0 Å². The van der Waals surface area contributed by atoms with E-state index >= 15 is 0 Å². The van der Waals surface area contributed by atoms with Gasteiger partial charge < -0.3 is 34.3 Å². The maximum atomic E-state index is 12.3. The summed E-state index contributed by atoms with van der Waals surface area (Å²) in [4.78, 5) is 12.3. The van der Waals surface area contributed by atoms with Crippen LogP contribution in [0.2, 0.25) is 0 Å². The summed E-state index contributed by atoms with van der Waals surface area (Å²) in [5, 5.41) is 30.2. The molecule has 1 rings (SSSR count). The lowest BCUT2D eigenvalue weighted by Gasteiger charge is -2.41. The zero-order valence-corrected chi connectivity index (χ0v) is 28.6. The number of carbonyl (C=O) groups excluding carboxylic acids is 1. The van der Waals surface area contributed by atoms with Crippen LogP contribution in [0.25, 0.3) is 0 Å². The fraction of sp³-hybridized carbons (Fsp3) is 0.676. The zero-order valence-electron chi connectivity index (χ0n) is 27.8. The van der Waals surface area contributed by atoms with Crippen LogP contribution in [0, 0.1) is 0 Å². The van der Waals surface area contributed by atoms with E-state index in [-0.39, 0.29) is 19.6 Å². The number of aliphatic hydroxyl groups excluding tert-OH is 3. The normalized spacial score (nSPS) is 23.2. The van der Waals surface area contributed by atoms with Crippen LogP contribution in [-0.4, -0.2) is 97.5 Å². The van der Waals surface area contributed by atoms with Crippen molar-refractivity contribution < 1.29 is 56.2 Å². The Hall–Kier alpha value is -2.20. The Labute approximate surface area is 280 Å². The van der Waals surface area contributed by atoms with E-state index in [2.05, 4.69) is 71.9 Å². The van der Waals surface area contributed by atoms with E-state index in [1.807, 2.05) is 6.92 Å². The molecule has 0 amide bonds. The van der Waals surface area contributed by atoms with Gasteiger partial charge in [-0.2, -0.15) is 8.42 Å². The van der Waals surface area contributed by atoms with Crippen LogP contribution in [0.15, 0.2) is 60.8 Å². The molecule has 0 radical (unpaired) electrons. The summed E-state index contributed by atoms with van der Waals surface area (Å²) in [6, 6.07) is 0. The van der Waals surface area contributed by atoms with Gasteiger partial charge in [-0.05, 0) is 57.8 Å². The molecule has 1 heterocycles. The monoisotopic (exact) mass is 688 g/mol. The molecule has 0 saturated carbocycles. The Bertz CT molecular complexity index is 1070. The van der Waals surface area contributed by atoms with Crippen molar-refractivity contribution in [3.8, 4) is 0 Å². The third-order valence-electron chi connectivity index (χ3n) is 6.90. The maximum Gasteiger partial charge on any atom is 0.397 e. The summed E-state index contributed by atoms with van der Waals surface area (Å²) in [7, 11) is -5.05. The summed E-state index contributed by atoms with van der Waals surface area (Å²) in [5.74, 6) is -0.455. The number of aliphatic hydroxyl groups is 3. The first kappa shape index (κ1) is 42.8. The zero-order chi connectivity index (χ0) is 34.8. The predicted molar refractivity (Wildman–Crippen MR) is 179 cm³/mol. The molecule has 0 aromatic carbocycles. The molecule has 0 bridgehead atoms. The summed E-state index contributed by atoms with van der Waals surface area (Å²) >= 11 is 0. The minimum atomic E-state index is -5.05. The smallest absolute Gasteiger partial charge is 0.397 e. The largest absolute Gasteiger partial charge is 0.457 e. The van der Waals surface area contributed by atoms with Crippen molar-refractivity contribution in [2.75, 3.05) is 26.4 Å². The third kappa shape index (κ3) is 21.4. The molecule has 47 heavy (non-hydrogen) atoms. The lowest BCUT2D eigenvalue weighted by atomic mass is 9.99. The summed E-state index contributed by atoms with van der Waals surface area (Å²) < 4.78 is 57.9. The van der Waals surface area contributed by atoms with Gasteiger partial charge in [-0.3, -0.25) is 9.35 Å². The van der Waals surface area contributed by atoms with Crippen LogP contribution in [0.1, 0.15) is 84.5 Å². The number of hydrogen-bond acceptors (Lipinski definition) is 11. The molecule has 12 nitrogen and oxygen atoms in total. The Morgan fingerprint density at radius 3 is 1.98 bits per heavy atom. The number of hydrogen-bond donors (Lipinski definition) is 4. The van der Waals surface area contributed by atoms with Crippen molar-refractivity contribution in [1.82, 2.24) is 0 Å². The molecule has 0 aliphatic carbocycles. The van der Waals surface area contributed by atoms with Gasteiger partial charge in [0.25, 0.3) is 0 Å². The standard InChI is InChI=1S/C34H56O12S/c1-3-5-7-8-9-10-11-12-13-14-15-16-17-18-19-20-21-22-24-42-26-28(44-30(36)23-6-4-2)27-43-34-32(38)33(46-47(39,40)41)31(37)29(25-35)45-34/h5,7,9-10,12-13,15-16,18-19,28-29,31-35,37-38H,3-4,6,8,11,14,17,20-27H2,1-2H3,(H,39,40,41)/b7-5-,10-9-,13-12-,16-15-,19-18-. The van der Waals surface area contributed by atoms with Crippen molar-refractivity contribution in [2.24, 2.45) is 0 Å². The Kier molecular flexibility index (Phi) is 24.3. The highest BCUT2D eigenvalue weighted by molar-refractivity contribution is 7.80. The third-order valence-corrected chi connectivity index (χ3v) is 7.37. The fourth-order valence-electron chi connectivity index (χ4n) is 4.38. The van der Waals surface area contributed by atoms with Gasteiger partial charge in [-0.1, -0.05) is 81.0 Å². The molecular formula is C34H56O12S. The molecular weight excluding hydrogens is 632 g/mol. The second-order valence-electron chi connectivity index (χ2n) is 11.0. The Morgan fingerprint density at radius 1 is 0.830 bits per heavy atom. The highest BCUT2D eigenvalue weighted by Gasteiger charge is 2.48. The van der Waals surface area contributed by atoms with E-state index < -0.39 is 59.8 Å². The van der Waals surface area contributed by atoms with Crippen LogP contribution >= 0.6 is 0 Å². The highest BCUT2D eigenvalue weighted by atomic mass is 32.3. The average molecular weight is 689 g/mol. The molecule has 1 aliphatic heterocycles. The van der Waals surface area contributed by atoms with Crippen molar-refractivity contribution in [3.63, 3.8) is 0 Å². The first-order valence-electron chi connectivity index (χ1n) is 16.5. The van der Waals surface area contributed by atoms with E-state index in [0.29, 0.717) is 13.0 Å². The lowest BCUT2D eigenvalue weighted by Crippen LogP contribution is -2.60. The molecule has 0 aromatic rings. The number of ether oxygens (including phenoxy) is 4. The quantitative estimate of drug-likeness (QED) is 0.0428. The molecule has 1 fully saturated rings. The van der Waals surface area contributed by atoms with Gasteiger partial charge in [0.15, 0.2) is 6.29 Å². The van der Waals surface area contributed by atoms with Crippen LogP contribution in [-0.2, 0) is 38.3 Å². The van der Waals surface area contributed by atoms with Crippen LogP contribution in [0.4, 0.5) is 0 Å². The molecule has 1 saturated heterocycles. The minimum Gasteiger partial charge on any atom is -0.457 e. The molecule has 13 heteroatoms. The highest BCUT2D eigenvalue weighted by Crippen LogP contribution is 2.25. The predicted octanol–water partition coefficient (Wildman–Crippen LogP) is 4.67.